The third-order valence-electron chi connectivity index (χ3n) is 0. The van der Waals surface area contributed by atoms with Crippen LogP contribution in [0.4, 0.5) is 0 Å². The van der Waals surface area contributed by atoms with E-state index >= 15 is 0 Å². The summed E-state index contributed by atoms with van der Waals surface area (Å²) >= 11 is 2.53. The van der Waals surface area contributed by atoms with Crippen molar-refractivity contribution in [3.8, 4) is 0 Å². The zero-order valence-electron chi connectivity index (χ0n) is 4.29. The van der Waals surface area contributed by atoms with Crippen LogP contribution in [0.25, 0.3) is 0 Å². The molecular formula is C4H10AgS. The summed E-state index contributed by atoms with van der Waals surface area (Å²) in [6, 6.07) is 0. The molecule has 0 saturated carbocycles. The second-order valence-corrected chi connectivity index (χ2v) is 1.73. The molecule has 0 aliphatic rings. The fourth-order valence-electron chi connectivity index (χ4n) is 0. The van der Waals surface area contributed by atoms with Crippen molar-refractivity contribution in [3.05, 3.63) is 0 Å². The van der Waals surface area contributed by atoms with E-state index in [1.54, 1.807) is 0 Å². The minimum absolute atomic E-state index is 0.833. The van der Waals surface area contributed by atoms with E-state index in [4.69, 9.17) is 0 Å². The van der Waals surface area contributed by atoms with Gasteiger partial charge in [-0.15, -0.1) is 0 Å². The Morgan fingerprint density at radius 2 is 1.17 bits per heavy atom. The van der Waals surface area contributed by atoms with E-state index in [1.807, 2.05) is 0 Å². The van der Waals surface area contributed by atoms with Crippen LogP contribution in [0.5, 0.6) is 0 Å². The predicted molar refractivity (Wildman–Crippen MR) is 28.1 cm³/mol. The molecule has 0 spiro atoms. The quantitative estimate of drug-likeness (QED) is 0.538. The Morgan fingerprint density at radius 3 is 1.17 bits per heavy atom. The van der Waals surface area contributed by atoms with Gasteiger partial charge in [-0.1, -0.05) is 20.8 Å². The van der Waals surface area contributed by atoms with Crippen molar-refractivity contribution < 1.29 is 19.2 Å². The molecule has 0 saturated heterocycles. The van der Waals surface area contributed by atoms with E-state index in [2.05, 4.69) is 49.5 Å². The molecule has 43 valence electrons. The van der Waals surface area contributed by atoms with Crippen LogP contribution >= 0.6 is 9.58 Å². The molecule has 0 radical (unpaired) electrons. The predicted octanol–water partition coefficient (Wildman–Crippen LogP) is 2.31. The SMILES string of the molecule is CC(C)C.[S]=[Ag]. The summed E-state index contributed by atoms with van der Waals surface area (Å²) in [6.45, 7) is 6.50. The first-order chi connectivity index (χ1) is 2.73. The van der Waals surface area contributed by atoms with E-state index in [0.29, 0.717) is 0 Å². The van der Waals surface area contributed by atoms with Crippen molar-refractivity contribution in [1.29, 1.82) is 0 Å². The van der Waals surface area contributed by atoms with Crippen LogP contribution in [0.3, 0.4) is 0 Å². The van der Waals surface area contributed by atoms with Gasteiger partial charge in [-0.2, -0.15) is 0 Å². The average molecular weight is 198 g/mol. The fraction of sp³-hybridized carbons (Fsp3) is 1.00. The Morgan fingerprint density at radius 1 is 1.17 bits per heavy atom. The molecule has 0 atom stereocenters. The van der Waals surface area contributed by atoms with Gasteiger partial charge < -0.3 is 0 Å². The summed E-state index contributed by atoms with van der Waals surface area (Å²) < 4.78 is 0. The molecule has 0 unspecified atom stereocenters. The maximum atomic E-state index is 3.89. The van der Waals surface area contributed by atoms with Crippen molar-refractivity contribution in [3.63, 3.8) is 0 Å². The van der Waals surface area contributed by atoms with Gasteiger partial charge in [0, 0.05) is 0 Å². The first kappa shape index (κ1) is 10.0. The Bertz CT molecular complexity index is 18.8. The summed E-state index contributed by atoms with van der Waals surface area (Å²) in [7, 11) is 3.89. The fourth-order valence-corrected chi connectivity index (χ4v) is 0. The monoisotopic (exact) mass is 197 g/mol. The van der Waals surface area contributed by atoms with Gasteiger partial charge in [0.2, 0.25) is 0 Å². The number of hydrogen-bond donors (Lipinski definition) is 0. The van der Waals surface area contributed by atoms with Gasteiger partial charge >= 0.3 is 28.8 Å². The molecule has 0 N–H and O–H groups in total. The van der Waals surface area contributed by atoms with Crippen molar-refractivity contribution >= 4 is 9.58 Å². The third-order valence-corrected chi connectivity index (χ3v) is 0. The van der Waals surface area contributed by atoms with Crippen molar-refractivity contribution in [2.45, 2.75) is 20.8 Å². The van der Waals surface area contributed by atoms with E-state index in [9.17, 15) is 0 Å². The summed E-state index contributed by atoms with van der Waals surface area (Å²) in [5, 5.41) is 0. The van der Waals surface area contributed by atoms with E-state index < -0.39 is 0 Å². The molecule has 0 aromatic carbocycles. The van der Waals surface area contributed by atoms with Crippen LogP contribution in [0.2, 0.25) is 0 Å². The van der Waals surface area contributed by atoms with Crippen LogP contribution in [0.1, 0.15) is 20.8 Å². The van der Waals surface area contributed by atoms with Gasteiger partial charge in [0.05, 0.1) is 0 Å². The molecule has 0 aromatic heterocycles. The van der Waals surface area contributed by atoms with Gasteiger partial charge in [-0.3, -0.25) is 0 Å². The van der Waals surface area contributed by atoms with Crippen LogP contribution < -0.4 is 0 Å². The molecule has 0 nitrogen and oxygen atoms in total. The Kier molecular flexibility index (Phi) is 15.7. The minimum atomic E-state index is 0.833. The van der Waals surface area contributed by atoms with Gasteiger partial charge in [-0.25, -0.2) is 0 Å². The molecule has 0 amide bonds. The van der Waals surface area contributed by atoms with E-state index in [1.165, 1.54) is 0 Å². The third kappa shape index (κ3) is 84.4. The molecule has 6 heavy (non-hydrogen) atoms. The van der Waals surface area contributed by atoms with Gasteiger partial charge in [0.25, 0.3) is 0 Å². The summed E-state index contributed by atoms with van der Waals surface area (Å²) in [4.78, 5) is 0. The first-order valence-corrected chi connectivity index (χ1v) is 3.92. The van der Waals surface area contributed by atoms with E-state index in [0.717, 1.165) is 5.92 Å². The summed E-state index contributed by atoms with van der Waals surface area (Å²) in [5.41, 5.74) is 0. The molecule has 0 aliphatic carbocycles. The van der Waals surface area contributed by atoms with Crippen molar-refractivity contribution in [1.82, 2.24) is 0 Å². The molecule has 0 aromatic rings. The first-order valence-electron chi connectivity index (χ1n) is 1.86. The zero-order valence-corrected chi connectivity index (χ0v) is 6.59. The molecule has 0 aliphatic heterocycles. The molecule has 0 fully saturated rings. The van der Waals surface area contributed by atoms with Crippen molar-refractivity contribution in [2.24, 2.45) is 5.92 Å². The zero-order chi connectivity index (χ0) is 5.58. The number of rotatable bonds is 0. The molecular weight excluding hydrogens is 188 g/mol. The standard InChI is InChI=1S/C4H10.Ag.S/c1-4(2)3;;/h4H,1-3H3;;. The van der Waals surface area contributed by atoms with Crippen LogP contribution in [0.15, 0.2) is 0 Å². The van der Waals surface area contributed by atoms with Gasteiger partial charge in [0.1, 0.15) is 0 Å². The Hall–Kier alpha value is 0.960. The van der Waals surface area contributed by atoms with Crippen molar-refractivity contribution in [2.75, 3.05) is 0 Å². The normalized spacial score (nSPS) is 7.00. The number of hydrogen-bond acceptors (Lipinski definition) is 1. The van der Waals surface area contributed by atoms with E-state index in [-0.39, 0.29) is 0 Å². The Balaban J connectivity index is 0. The second kappa shape index (κ2) is 9.35. The van der Waals surface area contributed by atoms with Gasteiger partial charge in [0.15, 0.2) is 0 Å². The second-order valence-electron chi connectivity index (χ2n) is 1.73. The summed E-state index contributed by atoms with van der Waals surface area (Å²) in [5.74, 6) is 0.833. The maximum absolute atomic E-state index is 3.89. The average Bonchev–Trinajstić information content (AvgIpc) is 1.41. The van der Waals surface area contributed by atoms with Gasteiger partial charge in [-0.05, 0) is 5.92 Å². The molecule has 0 bridgehead atoms. The van der Waals surface area contributed by atoms with Crippen LogP contribution in [-0.4, -0.2) is 0 Å². The Labute approximate surface area is 55.6 Å². The topological polar surface area (TPSA) is 0 Å². The molecule has 0 rings (SSSR count). The molecule has 2 heteroatoms. The van der Waals surface area contributed by atoms with Crippen LogP contribution in [0, 0.1) is 5.92 Å². The van der Waals surface area contributed by atoms with Crippen LogP contribution in [-0.2, 0) is 19.2 Å². The summed E-state index contributed by atoms with van der Waals surface area (Å²) in [6.07, 6.45) is 0. The molecule has 0 heterocycles.